The molecule has 1 fully saturated rings. The molecule has 0 bridgehead atoms. The van der Waals surface area contributed by atoms with Crippen molar-refractivity contribution in [3.8, 4) is 0 Å². The fraction of sp³-hybridized carbons (Fsp3) is 0.571. The number of aliphatic carboxylic acids is 1. The molecule has 6 heteroatoms. The van der Waals surface area contributed by atoms with E-state index in [1.54, 1.807) is 13.0 Å². The van der Waals surface area contributed by atoms with Gasteiger partial charge in [0.2, 0.25) is 0 Å². The Balaban J connectivity index is 2.00. The minimum atomic E-state index is -0.847. The van der Waals surface area contributed by atoms with E-state index < -0.39 is 11.4 Å². The fourth-order valence-electron chi connectivity index (χ4n) is 2.52. The number of amides is 1. The molecule has 2 heterocycles. The van der Waals surface area contributed by atoms with E-state index in [0.717, 1.165) is 0 Å². The molecule has 1 aliphatic rings. The van der Waals surface area contributed by atoms with E-state index in [1.165, 1.54) is 6.26 Å². The predicted octanol–water partition coefficient (Wildman–Crippen LogP) is 1.59. The van der Waals surface area contributed by atoms with Crippen LogP contribution in [-0.4, -0.2) is 36.7 Å². The van der Waals surface area contributed by atoms with Crippen molar-refractivity contribution >= 4 is 11.9 Å². The van der Waals surface area contributed by atoms with Crippen molar-refractivity contribution in [1.82, 2.24) is 5.32 Å². The number of ether oxygens (including phenoxy) is 1. The van der Waals surface area contributed by atoms with Crippen molar-refractivity contribution < 1.29 is 23.8 Å². The number of carbonyl (C=O) groups is 2. The molecule has 0 unspecified atom stereocenters. The molecule has 0 spiro atoms. The van der Waals surface area contributed by atoms with E-state index in [0.29, 0.717) is 43.9 Å². The number of carboxylic acid groups (broad SMARTS) is 1. The topological polar surface area (TPSA) is 88.8 Å². The maximum absolute atomic E-state index is 12.0. The van der Waals surface area contributed by atoms with Crippen molar-refractivity contribution in [2.24, 2.45) is 5.41 Å². The van der Waals surface area contributed by atoms with Crippen LogP contribution in [0.5, 0.6) is 0 Å². The van der Waals surface area contributed by atoms with Gasteiger partial charge in [-0.2, -0.15) is 0 Å². The Hall–Kier alpha value is -1.82. The van der Waals surface area contributed by atoms with Gasteiger partial charge >= 0.3 is 5.97 Å². The van der Waals surface area contributed by atoms with Gasteiger partial charge < -0.3 is 19.6 Å². The van der Waals surface area contributed by atoms with Crippen LogP contribution in [0, 0.1) is 12.3 Å². The van der Waals surface area contributed by atoms with Crippen molar-refractivity contribution in [2.75, 3.05) is 19.8 Å². The van der Waals surface area contributed by atoms with E-state index in [4.69, 9.17) is 14.3 Å². The van der Waals surface area contributed by atoms with E-state index in [9.17, 15) is 9.59 Å². The first kappa shape index (κ1) is 14.6. The minimum absolute atomic E-state index is 0.0427. The van der Waals surface area contributed by atoms with Crippen LogP contribution in [0.1, 0.15) is 35.4 Å². The second-order valence-electron chi connectivity index (χ2n) is 5.26. The summed E-state index contributed by atoms with van der Waals surface area (Å²) in [6.45, 7) is 3.13. The average Bonchev–Trinajstić information content (AvgIpc) is 2.83. The number of hydrogen-bond donors (Lipinski definition) is 2. The number of hydrogen-bond acceptors (Lipinski definition) is 4. The summed E-state index contributed by atoms with van der Waals surface area (Å²) in [5.41, 5.74) is 0.0692. The molecule has 0 aliphatic carbocycles. The lowest BCUT2D eigenvalue weighted by Gasteiger charge is -2.36. The van der Waals surface area contributed by atoms with Gasteiger partial charge in [0.15, 0.2) is 0 Å². The van der Waals surface area contributed by atoms with Crippen LogP contribution in [0.25, 0.3) is 0 Å². The molecule has 1 aromatic heterocycles. The molecule has 2 rings (SSSR count). The largest absolute Gasteiger partial charge is 0.481 e. The molecule has 0 aromatic carbocycles. The molecular formula is C14H19NO5. The third kappa shape index (κ3) is 3.39. The van der Waals surface area contributed by atoms with Gasteiger partial charge in [-0.05, 0) is 25.8 Å². The number of carboxylic acids is 1. The first-order valence-electron chi connectivity index (χ1n) is 6.64. The predicted molar refractivity (Wildman–Crippen MR) is 70.5 cm³/mol. The monoisotopic (exact) mass is 281 g/mol. The van der Waals surface area contributed by atoms with E-state index >= 15 is 0 Å². The summed E-state index contributed by atoms with van der Waals surface area (Å²) >= 11 is 0. The first-order valence-corrected chi connectivity index (χ1v) is 6.64. The van der Waals surface area contributed by atoms with E-state index in [1.807, 2.05) is 0 Å². The number of nitrogens with one attached hydrogen (secondary N) is 1. The number of carbonyl (C=O) groups excluding carboxylic acids is 1. The van der Waals surface area contributed by atoms with Gasteiger partial charge in [-0.15, -0.1) is 0 Å². The highest BCUT2D eigenvalue weighted by Gasteiger charge is 2.35. The highest BCUT2D eigenvalue weighted by molar-refractivity contribution is 5.95. The zero-order chi connectivity index (χ0) is 14.6. The van der Waals surface area contributed by atoms with Gasteiger partial charge in [0, 0.05) is 25.2 Å². The maximum Gasteiger partial charge on any atom is 0.303 e. The Morgan fingerprint density at radius 3 is 2.65 bits per heavy atom. The molecule has 1 aliphatic heterocycles. The SMILES string of the molecule is Cc1occc1C(=O)NCC1(CC(=O)O)CCOCC1. The standard InChI is InChI=1S/C14H19NO5/c1-10-11(2-5-20-10)13(18)15-9-14(8-12(16)17)3-6-19-7-4-14/h2,5H,3-4,6-9H2,1H3,(H,15,18)(H,16,17). The van der Waals surface area contributed by atoms with Gasteiger partial charge in [-0.25, -0.2) is 0 Å². The molecule has 20 heavy (non-hydrogen) atoms. The van der Waals surface area contributed by atoms with Crippen LogP contribution in [0.4, 0.5) is 0 Å². The average molecular weight is 281 g/mol. The Morgan fingerprint density at radius 2 is 2.10 bits per heavy atom. The number of rotatable bonds is 5. The smallest absolute Gasteiger partial charge is 0.303 e. The Kier molecular flexibility index (Phi) is 4.44. The van der Waals surface area contributed by atoms with Crippen molar-refractivity contribution in [1.29, 1.82) is 0 Å². The van der Waals surface area contributed by atoms with Gasteiger partial charge in [-0.3, -0.25) is 9.59 Å². The van der Waals surface area contributed by atoms with E-state index in [-0.39, 0.29) is 12.3 Å². The Morgan fingerprint density at radius 1 is 1.40 bits per heavy atom. The third-order valence-electron chi connectivity index (χ3n) is 3.81. The molecule has 0 saturated carbocycles. The quantitative estimate of drug-likeness (QED) is 0.855. The lowest BCUT2D eigenvalue weighted by molar-refractivity contribution is -0.141. The summed E-state index contributed by atoms with van der Waals surface area (Å²) in [6, 6.07) is 1.61. The number of furan rings is 1. The third-order valence-corrected chi connectivity index (χ3v) is 3.81. The molecule has 110 valence electrons. The first-order chi connectivity index (χ1) is 9.52. The zero-order valence-corrected chi connectivity index (χ0v) is 11.5. The highest BCUT2D eigenvalue weighted by Crippen LogP contribution is 2.33. The van der Waals surface area contributed by atoms with Crippen molar-refractivity contribution in [3.63, 3.8) is 0 Å². The second kappa shape index (κ2) is 6.09. The van der Waals surface area contributed by atoms with Gasteiger partial charge in [0.05, 0.1) is 18.2 Å². The van der Waals surface area contributed by atoms with Crippen LogP contribution < -0.4 is 5.32 Å². The molecule has 0 atom stereocenters. The second-order valence-corrected chi connectivity index (χ2v) is 5.26. The van der Waals surface area contributed by atoms with Crippen LogP contribution in [-0.2, 0) is 9.53 Å². The van der Waals surface area contributed by atoms with Crippen LogP contribution >= 0.6 is 0 Å². The van der Waals surface area contributed by atoms with Gasteiger partial charge in [0.25, 0.3) is 5.91 Å². The van der Waals surface area contributed by atoms with Crippen molar-refractivity contribution in [2.45, 2.75) is 26.2 Å². The lowest BCUT2D eigenvalue weighted by atomic mass is 9.77. The fourth-order valence-corrected chi connectivity index (χ4v) is 2.52. The highest BCUT2D eigenvalue weighted by atomic mass is 16.5. The van der Waals surface area contributed by atoms with Crippen LogP contribution in [0.15, 0.2) is 16.7 Å². The molecule has 1 saturated heterocycles. The van der Waals surface area contributed by atoms with Gasteiger partial charge in [-0.1, -0.05) is 0 Å². The van der Waals surface area contributed by atoms with Gasteiger partial charge in [0.1, 0.15) is 5.76 Å². The molecule has 1 amide bonds. The summed E-state index contributed by atoms with van der Waals surface area (Å²) in [4.78, 5) is 23.1. The number of aryl methyl sites for hydroxylation is 1. The Bertz CT molecular complexity index is 488. The molecule has 1 aromatic rings. The summed E-state index contributed by atoms with van der Waals surface area (Å²) in [7, 11) is 0. The molecular weight excluding hydrogens is 262 g/mol. The van der Waals surface area contributed by atoms with Crippen molar-refractivity contribution in [3.05, 3.63) is 23.7 Å². The zero-order valence-electron chi connectivity index (χ0n) is 11.5. The molecule has 0 radical (unpaired) electrons. The summed E-state index contributed by atoms with van der Waals surface area (Å²) in [6.07, 6.45) is 2.79. The molecule has 6 nitrogen and oxygen atoms in total. The normalized spacial score (nSPS) is 17.6. The molecule has 2 N–H and O–H groups in total. The van der Waals surface area contributed by atoms with E-state index in [2.05, 4.69) is 5.32 Å². The minimum Gasteiger partial charge on any atom is -0.481 e. The summed E-state index contributed by atoms with van der Waals surface area (Å²) in [5, 5.41) is 11.9. The lowest BCUT2D eigenvalue weighted by Crippen LogP contribution is -2.42. The summed E-state index contributed by atoms with van der Waals surface area (Å²) < 4.78 is 10.4. The summed E-state index contributed by atoms with van der Waals surface area (Å²) in [5.74, 6) is -0.519. The van der Waals surface area contributed by atoms with Crippen LogP contribution in [0.2, 0.25) is 0 Å². The maximum atomic E-state index is 12.0. The Labute approximate surface area is 117 Å². The van der Waals surface area contributed by atoms with Crippen LogP contribution in [0.3, 0.4) is 0 Å².